The molecular formula is C19H23N5O3. The summed E-state index contributed by atoms with van der Waals surface area (Å²) in [4.78, 5) is 34.0. The van der Waals surface area contributed by atoms with Crippen LogP contribution in [-0.2, 0) is 4.79 Å². The second-order valence-electron chi connectivity index (χ2n) is 7.43. The number of nitrogens with one attached hydrogen (secondary N) is 1. The van der Waals surface area contributed by atoms with E-state index in [0.717, 1.165) is 19.4 Å². The molecule has 0 aromatic carbocycles. The quantitative estimate of drug-likeness (QED) is 0.728. The van der Waals surface area contributed by atoms with Gasteiger partial charge < -0.3 is 10.4 Å². The van der Waals surface area contributed by atoms with Crippen molar-refractivity contribution in [3.63, 3.8) is 0 Å². The number of pyridine rings is 1. The van der Waals surface area contributed by atoms with Crippen LogP contribution in [-0.4, -0.2) is 61.6 Å². The predicted octanol–water partition coefficient (Wildman–Crippen LogP) is 1.32. The Hall–Kier alpha value is -2.74. The van der Waals surface area contributed by atoms with Crippen molar-refractivity contribution in [1.29, 1.82) is 0 Å². The first-order valence-corrected chi connectivity index (χ1v) is 9.29. The second kappa shape index (κ2) is 7.48. The monoisotopic (exact) mass is 369 g/mol. The molecule has 8 nitrogen and oxygen atoms in total. The van der Waals surface area contributed by atoms with Crippen LogP contribution >= 0.6 is 0 Å². The van der Waals surface area contributed by atoms with E-state index >= 15 is 0 Å². The molecule has 2 aliphatic rings. The molecule has 4 rings (SSSR count). The Balaban J connectivity index is 1.32. The summed E-state index contributed by atoms with van der Waals surface area (Å²) in [6.45, 7) is 0.941. The zero-order chi connectivity index (χ0) is 18.8. The zero-order valence-corrected chi connectivity index (χ0v) is 15.0. The van der Waals surface area contributed by atoms with E-state index in [0.29, 0.717) is 17.3 Å². The summed E-state index contributed by atoms with van der Waals surface area (Å²) in [6.07, 6.45) is 10.7. The largest absolute Gasteiger partial charge is 0.480 e. The van der Waals surface area contributed by atoms with E-state index in [-0.39, 0.29) is 24.5 Å². The number of hydrogen-bond acceptors (Lipinski definition) is 5. The Bertz CT molecular complexity index is 813. The van der Waals surface area contributed by atoms with Gasteiger partial charge in [-0.05, 0) is 43.7 Å². The summed E-state index contributed by atoms with van der Waals surface area (Å²) in [5.41, 5.74) is 0.553. The molecule has 0 radical (unpaired) electrons. The fourth-order valence-electron chi connectivity index (χ4n) is 3.52. The summed E-state index contributed by atoms with van der Waals surface area (Å²) in [5.74, 6) is 0.376. The van der Waals surface area contributed by atoms with Gasteiger partial charge in [-0.25, -0.2) is 9.97 Å². The van der Waals surface area contributed by atoms with E-state index in [9.17, 15) is 9.59 Å². The number of nitrogens with zero attached hydrogens (tertiary/aromatic N) is 4. The highest BCUT2D eigenvalue weighted by Crippen LogP contribution is 2.33. The Morgan fingerprint density at radius 1 is 1.30 bits per heavy atom. The Morgan fingerprint density at radius 3 is 2.78 bits per heavy atom. The molecule has 27 heavy (non-hydrogen) atoms. The van der Waals surface area contributed by atoms with Gasteiger partial charge in [0.15, 0.2) is 0 Å². The standard InChI is InChI=1S/C19H23N5O3/c25-18(26)11-24(10-13-1-2-13)16-8-15(9-16)22-19(27)14-3-4-21-17(7-14)23-6-5-20-12-23/h3-7,12-13,15-16H,1-2,8-11H2,(H,22,27)(H,25,26). The number of carbonyl (C=O) groups is 2. The third-order valence-electron chi connectivity index (χ3n) is 5.27. The lowest BCUT2D eigenvalue weighted by atomic mass is 9.85. The number of amides is 1. The van der Waals surface area contributed by atoms with Crippen LogP contribution in [0.15, 0.2) is 37.1 Å². The van der Waals surface area contributed by atoms with Crippen LogP contribution in [0, 0.1) is 5.92 Å². The van der Waals surface area contributed by atoms with Crippen molar-refractivity contribution in [1.82, 2.24) is 24.8 Å². The van der Waals surface area contributed by atoms with Gasteiger partial charge in [-0.15, -0.1) is 0 Å². The minimum Gasteiger partial charge on any atom is -0.480 e. The fraction of sp³-hybridized carbons (Fsp3) is 0.474. The van der Waals surface area contributed by atoms with Crippen molar-refractivity contribution in [2.75, 3.05) is 13.1 Å². The third kappa shape index (κ3) is 4.33. The van der Waals surface area contributed by atoms with Crippen LogP contribution in [0.1, 0.15) is 36.0 Å². The predicted molar refractivity (Wildman–Crippen MR) is 97.6 cm³/mol. The second-order valence-corrected chi connectivity index (χ2v) is 7.43. The molecule has 0 spiro atoms. The molecule has 2 fully saturated rings. The first kappa shape index (κ1) is 17.7. The van der Waals surface area contributed by atoms with Gasteiger partial charge >= 0.3 is 5.97 Å². The average molecular weight is 369 g/mol. The average Bonchev–Trinajstić information content (AvgIpc) is 3.25. The number of carboxylic acid groups (broad SMARTS) is 1. The van der Waals surface area contributed by atoms with E-state index in [2.05, 4.69) is 20.2 Å². The van der Waals surface area contributed by atoms with Gasteiger partial charge in [0.1, 0.15) is 12.1 Å². The molecule has 0 atom stereocenters. The van der Waals surface area contributed by atoms with Crippen LogP contribution in [0.4, 0.5) is 0 Å². The molecule has 2 heterocycles. The van der Waals surface area contributed by atoms with E-state index in [1.807, 2.05) is 0 Å². The molecule has 0 bridgehead atoms. The minimum absolute atomic E-state index is 0.0838. The smallest absolute Gasteiger partial charge is 0.317 e. The Kier molecular flexibility index (Phi) is 4.89. The molecule has 142 valence electrons. The lowest BCUT2D eigenvalue weighted by Gasteiger charge is -2.42. The molecule has 1 amide bonds. The molecule has 2 aromatic heterocycles. The zero-order valence-electron chi connectivity index (χ0n) is 15.0. The van der Waals surface area contributed by atoms with Crippen LogP contribution in [0.5, 0.6) is 0 Å². The van der Waals surface area contributed by atoms with Gasteiger partial charge in [-0.3, -0.25) is 19.1 Å². The summed E-state index contributed by atoms with van der Waals surface area (Å²) >= 11 is 0. The molecule has 2 N–H and O–H groups in total. The molecule has 2 aliphatic carbocycles. The van der Waals surface area contributed by atoms with Crippen molar-refractivity contribution >= 4 is 11.9 Å². The summed E-state index contributed by atoms with van der Waals surface area (Å²) in [7, 11) is 0. The van der Waals surface area contributed by atoms with Gasteiger partial charge in [-0.1, -0.05) is 0 Å². The molecule has 2 aromatic rings. The first-order chi connectivity index (χ1) is 13.1. The number of carbonyl (C=O) groups excluding carboxylic acids is 1. The molecule has 0 aliphatic heterocycles. The van der Waals surface area contributed by atoms with Crippen LogP contribution < -0.4 is 5.32 Å². The highest BCUT2D eigenvalue weighted by molar-refractivity contribution is 5.94. The highest BCUT2D eigenvalue weighted by Gasteiger charge is 2.37. The summed E-state index contributed by atoms with van der Waals surface area (Å²) in [6, 6.07) is 3.75. The van der Waals surface area contributed by atoms with E-state index < -0.39 is 5.97 Å². The minimum atomic E-state index is -0.785. The molecule has 8 heteroatoms. The van der Waals surface area contributed by atoms with Crippen molar-refractivity contribution in [3.8, 4) is 5.82 Å². The SMILES string of the molecule is O=C(O)CN(CC1CC1)C1CC(NC(=O)c2ccnc(-n3ccnc3)c2)C1. The van der Waals surface area contributed by atoms with Gasteiger partial charge in [0, 0.05) is 42.8 Å². The first-order valence-electron chi connectivity index (χ1n) is 9.29. The summed E-state index contributed by atoms with van der Waals surface area (Å²) < 4.78 is 1.75. The van der Waals surface area contributed by atoms with Crippen molar-refractivity contribution in [2.24, 2.45) is 5.92 Å². The number of aliphatic carboxylic acids is 1. The molecular weight excluding hydrogens is 346 g/mol. The van der Waals surface area contributed by atoms with Crippen molar-refractivity contribution in [2.45, 2.75) is 37.8 Å². The highest BCUT2D eigenvalue weighted by atomic mass is 16.4. The van der Waals surface area contributed by atoms with E-state index in [4.69, 9.17) is 5.11 Å². The lowest BCUT2D eigenvalue weighted by molar-refractivity contribution is -0.139. The van der Waals surface area contributed by atoms with Crippen LogP contribution in [0.3, 0.4) is 0 Å². The van der Waals surface area contributed by atoms with Gasteiger partial charge in [0.2, 0.25) is 0 Å². The maximum Gasteiger partial charge on any atom is 0.317 e. The fourth-order valence-corrected chi connectivity index (χ4v) is 3.52. The number of aromatic nitrogens is 3. The maximum absolute atomic E-state index is 12.5. The number of rotatable bonds is 8. The van der Waals surface area contributed by atoms with Gasteiger partial charge in [0.25, 0.3) is 5.91 Å². The van der Waals surface area contributed by atoms with Gasteiger partial charge in [-0.2, -0.15) is 0 Å². The normalized spacial score (nSPS) is 21.7. The Morgan fingerprint density at radius 2 is 2.11 bits per heavy atom. The number of hydrogen-bond donors (Lipinski definition) is 2. The Labute approximate surface area is 157 Å². The number of carboxylic acids is 1. The third-order valence-corrected chi connectivity index (χ3v) is 5.27. The lowest BCUT2D eigenvalue weighted by Crippen LogP contribution is -2.55. The molecule has 0 saturated heterocycles. The van der Waals surface area contributed by atoms with Gasteiger partial charge in [0.05, 0.1) is 6.54 Å². The van der Waals surface area contributed by atoms with Crippen molar-refractivity contribution < 1.29 is 14.7 Å². The summed E-state index contributed by atoms with van der Waals surface area (Å²) in [5, 5.41) is 12.2. The topological polar surface area (TPSA) is 100 Å². The van der Waals surface area contributed by atoms with E-state index in [1.165, 1.54) is 12.8 Å². The van der Waals surface area contributed by atoms with Crippen molar-refractivity contribution in [3.05, 3.63) is 42.6 Å². The molecule has 0 unspecified atom stereocenters. The van der Waals surface area contributed by atoms with E-state index in [1.54, 1.807) is 41.6 Å². The number of imidazole rings is 1. The molecule has 2 saturated carbocycles. The maximum atomic E-state index is 12.5. The van der Waals surface area contributed by atoms with Crippen LogP contribution in [0.2, 0.25) is 0 Å². The van der Waals surface area contributed by atoms with Crippen LogP contribution in [0.25, 0.3) is 5.82 Å².